The van der Waals surface area contributed by atoms with Crippen molar-refractivity contribution in [3.8, 4) is 5.75 Å². The number of carboxylic acids is 1. The number of nitrogens with one attached hydrogen (secondary N) is 2. The summed E-state index contributed by atoms with van der Waals surface area (Å²) in [5.74, 6) is -0.976. The predicted octanol–water partition coefficient (Wildman–Crippen LogP) is 10.7. The van der Waals surface area contributed by atoms with Crippen molar-refractivity contribution in [1.29, 1.82) is 0 Å². The van der Waals surface area contributed by atoms with Gasteiger partial charge in [-0.05, 0) is 160 Å². The number of aromatic hydroxyl groups is 1. The van der Waals surface area contributed by atoms with E-state index in [9.17, 15) is 19.8 Å². The molecule has 8 rings (SSSR count). The molecule has 0 spiro atoms. The van der Waals surface area contributed by atoms with Gasteiger partial charge in [-0.3, -0.25) is 14.8 Å². The minimum atomic E-state index is -1.04. The molecule has 0 radical (unpaired) electrons. The van der Waals surface area contributed by atoms with Crippen molar-refractivity contribution in [2.45, 2.75) is 92.9 Å². The first-order chi connectivity index (χ1) is 28.6. The molecule has 6 aromatic rings. The van der Waals surface area contributed by atoms with Gasteiger partial charge in [0.25, 0.3) is 0 Å². The van der Waals surface area contributed by atoms with E-state index in [1.165, 1.54) is 0 Å². The molecule has 8 nitrogen and oxygen atoms in total. The highest BCUT2D eigenvalue weighted by Crippen LogP contribution is 2.48. The number of benzene rings is 4. The molecule has 2 aliphatic carbocycles. The maximum Gasteiger partial charge on any atom is 0.336 e. The second-order valence-electron chi connectivity index (χ2n) is 16.7. The highest BCUT2D eigenvalue weighted by Gasteiger charge is 2.36. The summed E-state index contributed by atoms with van der Waals surface area (Å²) in [7, 11) is 0. The standard InChI is InChI=1S/C52H52N4O4/c1-26-14-18-37(49-35(26)20-16-29(4)53-49)31(6)55-33(8)46-43-25-44-42(48(40(43)22-23-45(46)57)39-12-10-11-13-41(39)52(59)60)24-28(3)51(58)47(44)34(9)56-32(7)38-19-15-27(2)36-21-17-30(5)54-50(36)38/h10-24,31-34,55-56,58H,25H2,1-9H3,(H,59,60). The minimum Gasteiger partial charge on any atom is -0.507 e. The minimum absolute atomic E-state index is 0.107. The Morgan fingerprint density at radius 3 is 1.82 bits per heavy atom. The van der Waals surface area contributed by atoms with Crippen LogP contribution in [0.4, 0.5) is 0 Å². The molecule has 0 fully saturated rings. The molecule has 0 aliphatic heterocycles. The van der Waals surface area contributed by atoms with Gasteiger partial charge in [-0.15, -0.1) is 0 Å². The number of allylic oxidation sites excluding steroid dienone is 4. The van der Waals surface area contributed by atoms with Crippen LogP contribution >= 0.6 is 0 Å². The lowest BCUT2D eigenvalue weighted by Crippen LogP contribution is -2.36. The van der Waals surface area contributed by atoms with Crippen molar-refractivity contribution in [3.05, 3.63) is 175 Å². The van der Waals surface area contributed by atoms with Gasteiger partial charge in [0, 0.05) is 57.5 Å². The van der Waals surface area contributed by atoms with Crippen LogP contribution in [0, 0.1) is 34.6 Å². The summed E-state index contributed by atoms with van der Waals surface area (Å²) in [5.41, 5.74) is 14.9. The molecule has 4 unspecified atom stereocenters. The number of hydrogen-bond acceptors (Lipinski definition) is 7. The molecule has 2 aromatic heterocycles. The maximum atomic E-state index is 14.3. The zero-order valence-electron chi connectivity index (χ0n) is 35.8. The number of carbonyl (C=O) groups is 2. The summed E-state index contributed by atoms with van der Waals surface area (Å²) in [6.07, 6.45) is 3.82. The number of phenolic OH excluding ortho intramolecular Hbond substituents is 1. The molecular weight excluding hydrogens is 745 g/mol. The van der Waals surface area contributed by atoms with E-state index in [2.05, 4.69) is 81.7 Å². The van der Waals surface area contributed by atoms with Crippen LogP contribution in [-0.2, 0) is 11.2 Å². The van der Waals surface area contributed by atoms with Crippen molar-refractivity contribution < 1.29 is 19.8 Å². The average Bonchev–Trinajstić information content (AvgIpc) is 3.20. The average molecular weight is 797 g/mol. The third kappa shape index (κ3) is 7.03. The summed E-state index contributed by atoms with van der Waals surface area (Å²) in [6, 6.07) is 24.7. The maximum absolute atomic E-state index is 14.3. The van der Waals surface area contributed by atoms with E-state index >= 15 is 0 Å². The van der Waals surface area contributed by atoms with Gasteiger partial charge in [0.15, 0.2) is 5.78 Å². The zero-order chi connectivity index (χ0) is 42.7. The molecule has 60 heavy (non-hydrogen) atoms. The van der Waals surface area contributed by atoms with Crippen molar-refractivity contribution in [1.82, 2.24) is 20.6 Å². The fourth-order valence-corrected chi connectivity index (χ4v) is 9.55. The van der Waals surface area contributed by atoms with E-state index in [1.54, 1.807) is 18.2 Å². The fourth-order valence-electron chi connectivity index (χ4n) is 9.55. The van der Waals surface area contributed by atoms with Gasteiger partial charge >= 0.3 is 5.97 Å². The topological polar surface area (TPSA) is 124 Å². The summed E-state index contributed by atoms with van der Waals surface area (Å²) in [6.45, 7) is 18.3. The normalized spacial score (nSPS) is 15.9. The van der Waals surface area contributed by atoms with E-state index in [0.29, 0.717) is 23.1 Å². The summed E-state index contributed by atoms with van der Waals surface area (Å²) in [4.78, 5) is 37.0. The Hall–Kier alpha value is -6.22. The van der Waals surface area contributed by atoms with E-state index in [0.717, 1.165) is 88.9 Å². The Bertz CT molecular complexity index is 2880. The van der Waals surface area contributed by atoms with Gasteiger partial charge in [0.05, 0.1) is 16.6 Å². The fraction of sp³-hybridized carbons (Fsp3) is 0.269. The van der Waals surface area contributed by atoms with Crippen LogP contribution < -0.4 is 10.6 Å². The first kappa shape index (κ1) is 40.6. The predicted molar refractivity (Wildman–Crippen MR) is 241 cm³/mol. The summed E-state index contributed by atoms with van der Waals surface area (Å²) in [5, 5.41) is 32.3. The quantitative estimate of drug-likeness (QED) is 0.108. The lowest BCUT2D eigenvalue weighted by molar-refractivity contribution is -0.111. The van der Waals surface area contributed by atoms with Crippen LogP contribution in [0.25, 0.3) is 27.4 Å². The van der Waals surface area contributed by atoms with Crippen molar-refractivity contribution in [3.63, 3.8) is 0 Å². The lowest BCUT2D eigenvalue weighted by atomic mass is 9.71. The van der Waals surface area contributed by atoms with Crippen molar-refractivity contribution in [2.75, 3.05) is 0 Å². The molecule has 0 saturated heterocycles. The molecular formula is C52H52N4O4. The van der Waals surface area contributed by atoms with E-state index < -0.39 is 12.0 Å². The Morgan fingerprint density at radius 1 is 0.667 bits per heavy atom. The monoisotopic (exact) mass is 796 g/mol. The highest BCUT2D eigenvalue weighted by molar-refractivity contribution is 6.11. The number of ketones is 1. The number of aromatic carboxylic acids is 1. The third-order valence-corrected chi connectivity index (χ3v) is 12.6. The number of pyridine rings is 2. The van der Waals surface area contributed by atoms with Crippen LogP contribution in [0.2, 0.25) is 0 Å². The number of phenols is 1. The summed E-state index contributed by atoms with van der Waals surface area (Å²) >= 11 is 0. The third-order valence-electron chi connectivity index (χ3n) is 12.6. The second-order valence-corrected chi connectivity index (χ2v) is 16.7. The number of carbonyl (C=O) groups excluding carboxylic acids is 1. The Morgan fingerprint density at radius 2 is 1.23 bits per heavy atom. The van der Waals surface area contributed by atoms with Gasteiger partial charge in [-0.1, -0.05) is 60.7 Å². The molecule has 0 saturated carbocycles. The SMILES string of the molecule is Cc1ccc2c(C)ccc(C(C)NC(C)C3=C4Cc5c(cc(C)c(O)c5C(C)NC(C)c5ccc(C)c6ccc(C)nc56)C(c5ccccc5C(=O)O)=C4C=CC3=O)c2n1. The number of fused-ring (bicyclic) bond motifs is 4. The molecule has 4 aromatic carbocycles. The van der Waals surface area contributed by atoms with Crippen molar-refractivity contribution in [2.24, 2.45) is 0 Å². The number of carboxylic acid groups (broad SMARTS) is 1. The number of rotatable bonds is 10. The molecule has 0 bridgehead atoms. The number of nitrogens with zero attached hydrogens (tertiary/aromatic N) is 2. The first-order valence-corrected chi connectivity index (χ1v) is 20.8. The largest absolute Gasteiger partial charge is 0.507 e. The second kappa shape index (κ2) is 15.8. The van der Waals surface area contributed by atoms with Crippen molar-refractivity contribution >= 4 is 39.1 Å². The molecule has 2 heterocycles. The van der Waals surface area contributed by atoms with Gasteiger partial charge in [0.1, 0.15) is 5.75 Å². The van der Waals surface area contributed by atoms with Gasteiger partial charge in [-0.25, -0.2) is 4.79 Å². The van der Waals surface area contributed by atoms with Gasteiger partial charge in [-0.2, -0.15) is 0 Å². The highest BCUT2D eigenvalue weighted by atomic mass is 16.4. The van der Waals surface area contributed by atoms with Gasteiger partial charge in [0.2, 0.25) is 0 Å². The molecule has 304 valence electrons. The molecule has 4 atom stereocenters. The molecule has 8 heteroatoms. The van der Waals surface area contributed by atoms with E-state index in [-0.39, 0.29) is 35.2 Å². The smallest absolute Gasteiger partial charge is 0.336 e. The van der Waals surface area contributed by atoms with Crippen LogP contribution in [0.1, 0.15) is 118 Å². The van der Waals surface area contributed by atoms with Crippen LogP contribution in [0.15, 0.2) is 108 Å². The van der Waals surface area contributed by atoms with E-state index in [1.807, 2.05) is 64.1 Å². The van der Waals surface area contributed by atoms with Crippen LogP contribution in [0.5, 0.6) is 5.75 Å². The van der Waals surface area contributed by atoms with Gasteiger partial charge < -0.3 is 20.8 Å². The van der Waals surface area contributed by atoms with Crippen LogP contribution in [-0.4, -0.2) is 38.0 Å². The Kier molecular flexibility index (Phi) is 10.6. The lowest BCUT2D eigenvalue weighted by Gasteiger charge is -2.35. The molecule has 2 aliphatic rings. The molecule has 4 N–H and O–H groups in total. The Balaban J connectivity index is 1.28. The number of aryl methyl sites for hydroxylation is 5. The summed E-state index contributed by atoms with van der Waals surface area (Å²) < 4.78 is 0. The van der Waals surface area contributed by atoms with Crippen LogP contribution in [0.3, 0.4) is 0 Å². The number of hydrogen-bond donors (Lipinski definition) is 4. The molecule has 0 amide bonds. The zero-order valence-corrected chi connectivity index (χ0v) is 35.8. The first-order valence-electron chi connectivity index (χ1n) is 20.8. The Labute approximate surface area is 351 Å². The van der Waals surface area contributed by atoms with E-state index in [4.69, 9.17) is 9.97 Å². The number of aromatic nitrogens is 2.